The quantitative estimate of drug-likeness (QED) is 0.112. The van der Waals surface area contributed by atoms with Crippen LogP contribution in [0.5, 0.6) is 0 Å². The molecule has 16 heteroatoms. The molecule has 0 aromatic heterocycles. The zero-order valence-corrected chi connectivity index (χ0v) is 23.7. The highest BCUT2D eigenvalue weighted by Gasteiger charge is 2.63. The van der Waals surface area contributed by atoms with Crippen LogP contribution in [-0.2, 0) is 14.4 Å². The van der Waals surface area contributed by atoms with E-state index in [1.165, 1.54) is 6.42 Å². The van der Waals surface area contributed by atoms with Crippen LogP contribution in [0.2, 0.25) is 6.04 Å². The molecule has 0 saturated carbocycles. The van der Waals surface area contributed by atoms with E-state index in [9.17, 15) is 53.9 Å². The standard InChI is InChI=1S/C23H38F9N3O3Si/c1-5-6-7-8-9-10-11-12-13-14-15-16-17-39(33(2)18(36)21(24,25)26,34(3)19(37)22(27,28)29)35(4)20(38)23(30,31)32/h5-17H2,1-4H3. The molecule has 0 aliphatic carbocycles. The fourth-order valence-electron chi connectivity index (χ4n) is 4.44. The average molecular weight is 604 g/mol. The molecule has 230 valence electrons. The van der Waals surface area contributed by atoms with Gasteiger partial charge in [0, 0.05) is 21.1 Å². The number of carbonyl (C=O) groups excluding carboxylic acids is 3. The molecule has 0 aromatic carbocycles. The van der Waals surface area contributed by atoms with Crippen molar-refractivity contribution in [1.82, 2.24) is 13.7 Å². The molecule has 0 aliphatic rings. The third-order valence-electron chi connectivity index (χ3n) is 6.62. The van der Waals surface area contributed by atoms with Gasteiger partial charge in [0.15, 0.2) is 0 Å². The van der Waals surface area contributed by atoms with Crippen LogP contribution in [0.25, 0.3) is 0 Å². The van der Waals surface area contributed by atoms with Gasteiger partial charge in [-0.15, -0.1) is 0 Å². The van der Waals surface area contributed by atoms with Gasteiger partial charge in [-0.05, 0) is 6.04 Å². The summed E-state index contributed by atoms with van der Waals surface area (Å²) in [5.74, 6) is -8.30. The third kappa shape index (κ3) is 11.2. The molecule has 0 saturated heterocycles. The summed E-state index contributed by atoms with van der Waals surface area (Å²) in [6, 6.07) is -0.848. The SMILES string of the molecule is CCCCCCCCCCCCCC[Si](N(C)C(=O)C(F)(F)F)(N(C)C(=O)C(F)(F)F)N(C)C(=O)C(F)(F)F. The first-order chi connectivity index (χ1) is 17.8. The Balaban J connectivity index is 5.85. The van der Waals surface area contributed by atoms with Crippen molar-refractivity contribution < 1.29 is 53.9 Å². The number of amides is 3. The number of hydrogen-bond acceptors (Lipinski definition) is 3. The first-order valence-corrected chi connectivity index (χ1v) is 14.9. The Labute approximate surface area is 224 Å². The summed E-state index contributed by atoms with van der Waals surface area (Å²) < 4.78 is 119. The second kappa shape index (κ2) is 15.7. The minimum absolute atomic E-state index is 0.196. The number of carbonyl (C=O) groups is 3. The van der Waals surface area contributed by atoms with E-state index in [1.54, 1.807) is 0 Å². The predicted molar refractivity (Wildman–Crippen MR) is 128 cm³/mol. The minimum Gasteiger partial charge on any atom is -0.330 e. The Morgan fingerprint density at radius 2 is 0.718 bits per heavy atom. The van der Waals surface area contributed by atoms with E-state index < -0.39 is 50.9 Å². The average Bonchev–Trinajstić information content (AvgIpc) is 2.82. The maximum absolute atomic E-state index is 13.3. The molecule has 0 bridgehead atoms. The highest BCUT2D eigenvalue weighted by atomic mass is 28.4. The van der Waals surface area contributed by atoms with E-state index in [-0.39, 0.29) is 26.5 Å². The van der Waals surface area contributed by atoms with Gasteiger partial charge in [0.25, 0.3) is 0 Å². The Morgan fingerprint density at radius 3 is 0.949 bits per heavy atom. The van der Waals surface area contributed by atoms with E-state index in [0.29, 0.717) is 34.0 Å². The second-order valence-corrected chi connectivity index (χ2v) is 13.6. The molecule has 0 N–H and O–H groups in total. The molecule has 39 heavy (non-hydrogen) atoms. The fourth-order valence-corrected chi connectivity index (χ4v) is 8.88. The number of rotatable bonds is 16. The van der Waals surface area contributed by atoms with Gasteiger partial charge in [0.1, 0.15) is 0 Å². The van der Waals surface area contributed by atoms with Gasteiger partial charge in [-0.2, -0.15) is 39.5 Å². The maximum atomic E-state index is 13.3. The van der Waals surface area contributed by atoms with Crippen LogP contribution < -0.4 is 0 Å². The Hall–Kier alpha value is -2.00. The first-order valence-electron chi connectivity index (χ1n) is 12.8. The van der Waals surface area contributed by atoms with E-state index in [2.05, 4.69) is 6.92 Å². The van der Waals surface area contributed by atoms with Crippen molar-refractivity contribution in [2.75, 3.05) is 21.1 Å². The van der Waals surface area contributed by atoms with Crippen molar-refractivity contribution in [1.29, 1.82) is 0 Å². The van der Waals surface area contributed by atoms with E-state index >= 15 is 0 Å². The Kier molecular flexibility index (Phi) is 14.9. The van der Waals surface area contributed by atoms with Crippen molar-refractivity contribution in [3.63, 3.8) is 0 Å². The summed E-state index contributed by atoms with van der Waals surface area (Å²) in [6.45, 7) is 2.11. The smallest absolute Gasteiger partial charge is 0.330 e. The number of hydrogen-bond donors (Lipinski definition) is 0. The van der Waals surface area contributed by atoms with Crippen LogP contribution in [-0.4, -0.2) is 79.6 Å². The van der Waals surface area contributed by atoms with Crippen molar-refractivity contribution in [2.24, 2.45) is 0 Å². The molecule has 0 unspecified atom stereocenters. The molecular weight excluding hydrogens is 565 g/mol. The fraction of sp³-hybridized carbons (Fsp3) is 0.870. The van der Waals surface area contributed by atoms with Crippen LogP contribution in [0, 0.1) is 0 Å². The molecule has 0 aliphatic heterocycles. The number of alkyl halides is 9. The van der Waals surface area contributed by atoms with Gasteiger partial charge >= 0.3 is 44.8 Å². The molecule has 0 heterocycles. The van der Waals surface area contributed by atoms with Crippen LogP contribution in [0.15, 0.2) is 0 Å². The zero-order valence-electron chi connectivity index (χ0n) is 22.7. The molecule has 0 aromatic rings. The van der Waals surface area contributed by atoms with E-state index in [0.717, 1.165) is 44.9 Å². The summed E-state index contributed by atoms with van der Waals surface area (Å²) >= 11 is 0. The number of halogens is 9. The molecular formula is C23H38F9N3O3Si. The van der Waals surface area contributed by atoms with Crippen molar-refractivity contribution >= 4 is 26.3 Å². The lowest BCUT2D eigenvalue weighted by molar-refractivity contribution is -0.187. The van der Waals surface area contributed by atoms with Crippen molar-refractivity contribution in [2.45, 2.75) is 109 Å². The van der Waals surface area contributed by atoms with E-state index in [4.69, 9.17) is 0 Å². The van der Waals surface area contributed by atoms with Crippen LogP contribution >= 0.6 is 0 Å². The largest absolute Gasteiger partial charge is 0.470 e. The molecule has 6 nitrogen and oxygen atoms in total. The summed E-state index contributed by atoms with van der Waals surface area (Å²) in [5.41, 5.74) is 0. The van der Waals surface area contributed by atoms with Gasteiger partial charge in [0.05, 0.1) is 0 Å². The highest BCUT2D eigenvalue weighted by Crippen LogP contribution is 2.34. The normalized spacial score (nSPS) is 12.8. The molecule has 0 rings (SSSR count). The van der Waals surface area contributed by atoms with Gasteiger partial charge in [0.2, 0.25) is 0 Å². The second-order valence-electron chi connectivity index (χ2n) is 9.50. The lowest BCUT2D eigenvalue weighted by Gasteiger charge is -2.49. The van der Waals surface area contributed by atoms with Crippen LogP contribution in [0.1, 0.15) is 84.0 Å². The van der Waals surface area contributed by atoms with Crippen LogP contribution in [0.4, 0.5) is 39.5 Å². The summed E-state index contributed by atoms with van der Waals surface area (Å²) in [6.07, 6.45) is -7.51. The summed E-state index contributed by atoms with van der Waals surface area (Å²) in [7, 11) is -4.34. The molecule has 0 atom stereocenters. The number of nitrogens with zero attached hydrogens (tertiary/aromatic N) is 3. The lowest BCUT2D eigenvalue weighted by atomic mass is 10.1. The Bertz CT molecular complexity index is 711. The van der Waals surface area contributed by atoms with Gasteiger partial charge < -0.3 is 13.7 Å². The lowest BCUT2D eigenvalue weighted by Crippen LogP contribution is -2.78. The Morgan fingerprint density at radius 1 is 0.487 bits per heavy atom. The monoisotopic (exact) mass is 603 g/mol. The van der Waals surface area contributed by atoms with Crippen LogP contribution in [0.3, 0.4) is 0 Å². The predicted octanol–water partition coefficient (Wildman–Crippen LogP) is 6.69. The van der Waals surface area contributed by atoms with Gasteiger partial charge in [-0.3, -0.25) is 14.4 Å². The summed E-state index contributed by atoms with van der Waals surface area (Å²) in [4.78, 5) is 36.2. The van der Waals surface area contributed by atoms with Gasteiger partial charge in [-0.1, -0.05) is 84.0 Å². The highest BCUT2D eigenvalue weighted by molar-refractivity contribution is 6.77. The number of unbranched alkanes of at least 4 members (excludes halogenated alkanes) is 11. The third-order valence-corrected chi connectivity index (χ3v) is 11.5. The topological polar surface area (TPSA) is 60.9 Å². The zero-order chi connectivity index (χ0) is 30.7. The van der Waals surface area contributed by atoms with Crippen molar-refractivity contribution in [3.8, 4) is 0 Å². The molecule has 3 amide bonds. The molecule has 0 fully saturated rings. The molecule has 0 spiro atoms. The van der Waals surface area contributed by atoms with Crippen molar-refractivity contribution in [3.05, 3.63) is 0 Å². The summed E-state index contributed by atoms with van der Waals surface area (Å²) in [5, 5.41) is 0. The van der Waals surface area contributed by atoms with E-state index in [1.807, 2.05) is 0 Å². The van der Waals surface area contributed by atoms with Gasteiger partial charge in [-0.25, -0.2) is 0 Å². The maximum Gasteiger partial charge on any atom is 0.470 e. The first kappa shape index (κ1) is 37.0. The minimum atomic E-state index is -5.69. The molecule has 0 radical (unpaired) electrons.